The average Bonchev–Trinajstić information content (AvgIpc) is 3.17. The van der Waals surface area contributed by atoms with Gasteiger partial charge in [0.2, 0.25) is 0 Å². The molecule has 21 heavy (non-hydrogen) atoms. The highest BCUT2D eigenvalue weighted by Crippen LogP contribution is 2.33. The molecule has 3 heterocycles. The van der Waals surface area contributed by atoms with Crippen LogP contribution in [0.5, 0.6) is 0 Å². The maximum Gasteiger partial charge on any atom is 0.293 e. The zero-order valence-electron chi connectivity index (χ0n) is 11.6. The van der Waals surface area contributed by atoms with Crippen LogP contribution in [0, 0.1) is 0 Å². The summed E-state index contributed by atoms with van der Waals surface area (Å²) in [6.07, 6.45) is 5.53. The molecule has 5 nitrogen and oxygen atoms in total. The summed E-state index contributed by atoms with van der Waals surface area (Å²) in [6.45, 7) is 5.79. The van der Waals surface area contributed by atoms with Gasteiger partial charge in [-0.05, 0) is 30.7 Å². The minimum absolute atomic E-state index is 0.235. The Balaban J connectivity index is 1.77. The van der Waals surface area contributed by atoms with Gasteiger partial charge in [0.15, 0.2) is 5.88 Å². The van der Waals surface area contributed by atoms with Crippen molar-refractivity contribution >= 4 is 34.9 Å². The first-order valence-corrected chi connectivity index (χ1v) is 7.72. The van der Waals surface area contributed by atoms with Crippen LogP contribution in [0.2, 0.25) is 0 Å². The summed E-state index contributed by atoms with van der Waals surface area (Å²) >= 11 is 0.935. The monoisotopic (exact) mass is 304 g/mol. The third kappa shape index (κ3) is 2.76. The zero-order valence-corrected chi connectivity index (χ0v) is 12.4. The van der Waals surface area contributed by atoms with Gasteiger partial charge in [0, 0.05) is 31.8 Å². The fraction of sp³-hybridized carbons (Fsp3) is 0.333. The number of nitrogens with zero attached hydrogens (tertiary/aromatic N) is 2. The van der Waals surface area contributed by atoms with Crippen LogP contribution >= 0.6 is 11.8 Å². The first-order valence-electron chi connectivity index (χ1n) is 6.90. The van der Waals surface area contributed by atoms with Crippen molar-refractivity contribution in [2.75, 3.05) is 24.5 Å². The van der Waals surface area contributed by atoms with E-state index in [1.165, 1.54) is 23.8 Å². The summed E-state index contributed by atoms with van der Waals surface area (Å²) in [4.78, 5) is 27.6. The number of imide groups is 1. The van der Waals surface area contributed by atoms with E-state index < -0.39 is 0 Å². The van der Waals surface area contributed by atoms with E-state index in [0.29, 0.717) is 10.7 Å². The highest BCUT2D eigenvalue weighted by atomic mass is 32.2. The maximum atomic E-state index is 12.1. The van der Waals surface area contributed by atoms with E-state index in [0.717, 1.165) is 30.7 Å². The molecular weight excluding hydrogens is 288 g/mol. The van der Waals surface area contributed by atoms with Gasteiger partial charge in [0.25, 0.3) is 11.1 Å². The molecule has 3 rings (SSSR count). The number of hydrogen-bond donors (Lipinski definition) is 0. The fourth-order valence-electron chi connectivity index (χ4n) is 2.44. The predicted molar refractivity (Wildman–Crippen MR) is 83.0 cm³/mol. The second kappa shape index (κ2) is 5.81. The SMILES string of the molecule is C=CCN1C(=O)S/C(=C\c2ccc(N3CCCC3)o2)C1=O. The molecule has 1 aromatic rings. The van der Waals surface area contributed by atoms with Gasteiger partial charge >= 0.3 is 0 Å². The molecule has 0 N–H and O–H groups in total. The quantitative estimate of drug-likeness (QED) is 0.632. The van der Waals surface area contributed by atoms with Crippen molar-refractivity contribution in [1.82, 2.24) is 4.90 Å². The van der Waals surface area contributed by atoms with Crippen LogP contribution in [0.15, 0.2) is 34.1 Å². The second-order valence-corrected chi connectivity index (χ2v) is 5.94. The molecule has 2 amide bonds. The van der Waals surface area contributed by atoms with Gasteiger partial charge in [-0.2, -0.15) is 0 Å². The minimum Gasteiger partial charge on any atom is -0.441 e. The van der Waals surface area contributed by atoms with Crippen LogP contribution < -0.4 is 4.90 Å². The number of amides is 2. The Bertz CT molecular complexity index is 614. The summed E-state index contributed by atoms with van der Waals surface area (Å²) in [7, 11) is 0. The first kappa shape index (κ1) is 14.0. The smallest absolute Gasteiger partial charge is 0.293 e. The Morgan fingerprint density at radius 2 is 2.05 bits per heavy atom. The number of rotatable bonds is 4. The zero-order chi connectivity index (χ0) is 14.8. The molecule has 2 fully saturated rings. The standard InChI is InChI=1S/C15H16N2O3S/c1-2-7-17-14(18)12(21-15(17)19)10-11-5-6-13(20-11)16-8-3-4-9-16/h2,5-6,10H,1,3-4,7-9H2/b12-10-. The molecule has 2 aliphatic rings. The van der Waals surface area contributed by atoms with Crippen LogP contribution in [0.3, 0.4) is 0 Å². The van der Waals surface area contributed by atoms with Crippen molar-refractivity contribution in [2.24, 2.45) is 0 Å². The van der Waals surface area contributed by atoms with E-state index in [1.54, 1.807) is 6.08 Å². The molecule has 6 heteroatoms. The number of carbonyl (C=O) groups excluding carboxylic acids is 2. The van der Waals surface area contributed by atoms with E-state index in [9.17, 15) is 9.59 Å². The molecule has 0 spiro atoms. The summed E-state index contributed by atoms with van der Waals surface area (Å²) in [5.74, 6) is 1.13. The summed E-state index contributed by atoms with van der Waals surface area (Å²) in [6, 6.07) is 3.74. The predicted octanol–water partition coefficient (Wildman–Crippen LogP) is 3.10. The van der Waals surface area contributed by atoms with Crippen molar-refractivity contribution in [3.8, 4) is 0 Å². The van der Waals surface area contributed by atoms with Crippen LogP contribution in [0.4, 0.5) is 10.7 Å². The molecule has 0 saturated carbocycles. The molecule has 0 radical (unpaired) electrons. The summed E-state index contributed by atoms with van der Waals surface area (Å²) in [5, 5.41) is -0.266. The molecule has 0 aliphatic carbocycles. The molecule has 2 aliphatic heterocycles. The largest absolute Gasteiger partial charge is 0.441 e. The van der Waals surface area contributed by atoms with Gasteiger partial charge in [-0.25, -0.2) is 0 Å². The summed E-state index contributed by atoms with van der Waals surface area (Å²) in [5.41, 5.74) is 0. The Labute approximate surface area is 127 Å². The lowest BCUT2D eigenvalue weighted by molar-refractivity contribution is -0.122. The first-order chi connectivity index (χ1) is 10.2. The third-order valence-electron chi connectivity index (χ3n) is 3.49. The maximum absolute atomic E-state index is 12.1. The van der Waals surface area contributed by atoms with Gasteiger partial charge in [-0.15, -0.1) is 6.58 Å². The molecule has 0 aromatic carbocycles. The van der Waals surface area contributed by atoms with Crippen molar-refractivity contribution in [2.45, 2.75) is 12.8 Å². The van der Waals surface area contributed by atoms with Crippen molar-refractivity contribution < 1.29 is 14.0 Å². The number of thioether (sulfide) groups is 1. The third-order valence-corrected chi connectivity index (χ3v) is 4.40. The van der Waals surface area contributed by atoms with Crippen LogP contribution in [-0.4, -0.2) is 35.7 Å². The van der Waals surface area contributed by atoms with Gasteiger partial charge in [-0.3, -0.25) is 14.5 Å². The highest BCUT2D eigenvalue weighted by molar-refractivity contribution is 8.18. The van der Waals surface area contributed by atoms with Gasteiger partial charge < -0.3 is 9.32 Å². The van der Waals surface area contributed by atoms with Crippen molar-refractivity contribution in [1.29, 1.82) is 0 Å². The van der Waals surface area contributed by atoms with Crippen molar-refractivity contribution in [3.63, 3.8) is 0 Å². The molecule has 0 bridgehead atoms. The number of carbonyl (C=O) groups is 2. The van der Waals surface area contributed by atoms with Crippen LogP contribution in [-0.2, 0) is 4.79 Å². The van der Waals surface area contributed by atoms with Gasteiger partial charge in [-0.1, -0.05) is 6.08 Å². The molecule has 1 aromatic heterocycles. The lowest BCUT2D eigenvalue weighted by Crippen LogP contribution is -2.27. The Kier molecular flexibility index (Phi) is 3.88. The minimum atomic E-state index is -0.288. The number of furan rings is 1. The summed E-state index contributed by atoms with van der Waals surface area (Å²) < 4.78 is 5.74. The molecule has 2 saturated heterocycles. The van der Waals surface area contributed by atoms with E-state index >= 15 is 0 Å². The average molecular weight is 304 g/mol. The van der Waals surface area contributed by atoms with Crippen molar-refractivity contribution in [3.05, 3.63) is 35.5 Å². The van der Waals surface area contributed by atoms with Gasteiger partial charge in [0.1, 0.15) is 5.76 Å². The Morgan fingerprint density at radius 3 is 2.76 bits per heavy atom. The Hall–Kier alpha value is -1.95. The van der Waals surface area contributed by atoms with Crippen LogP contribution in [0.1, 0.15) is 18.6 Å². The lowest BCUT2D eigenvalue weighted by atomic mass is 10.3. The number of hydrogen-bond acceptors (Lipinski definition) is 5. The molecular formula is C15H16N2O3S. The van der Waals surface area contributed by atoms with Crippen LogP contribution in [0.25, 0.3) is 6.08 Å². The van der Waals surface area contributed by atoms with E-state index in [2.05, 4.69) is 11.5 Å². The normalized spacial score (nSPS) is 20.9. The topological polar surface area (TPSA) is 53.8 Å². The lowest BCUT2D eigenvalue weighted by Gasteiger charge is -2.12. The highest BCUT2D eigenvalue weighted by Gasteiger charge is 2.34. The van der Waals surface area contributed by atoms with E-state index in [1.807, 2.05) is 12.1 Å². The molecule has 0 atom stereocenters. The second-order valence-electron chi connectivity index (χ2n) is 4.95. The van der Waals surface area contributed by atoms with E-state index in [4.69, 9.17) is 4.42 Å². The molecule has 110 valence electrons. The number of anilines is 1. The van der Waals surface area contributed by atoms with E-state index in [-0.39, 0.29) is 17.7 Å². The van der Waals surface area contributed by atoms with Gasteiger partial charge in [0.05, 0.1) is 4.91 Å². The molecule has 0 unspecified atom stereocenters. The Morgan fingerprint density at radius 1 is 1.29 bits per heavy atom. The fourth-order valence-corrected chi connectivity index (χ4v) is 3.27.